The number of nitrogens with zero attached hydrogens (tertiary/aromatic N) is 1. The highest BCUT2D eigenvalue weighted by atomic mass is 16.4. The van der Waals surface area contributed by atoms with Crippen molar-refractivity contribution in [1.29, 1.82) is 5.26 Å². The summed E-state index contributed by atoms with van der Waals surface area (Å²) in [6.45, 7) is 2.19. The van der Waals surface area contributed by atoms with Gasteiger partial charge in [0.05, 0.1) is 17.2 Å². The van der Waals surface area contributed by atoms with Gasteiger partial charge in [-0.05, 0) is 47.7 Å². The fourth-order valence-corrected chi connectivity index (χ4v) is 2.65. The monoisotopic (exact) mass is 307 g/mol. The highest BCUT2D eigenvalue weighted by molar-refractivity contribution is 5.96. The summed E-state index contributed by atoms with van der Waals surface area (Å²) in [5.41, 5.74) is 3.57. The zero-order valence-corrected chi connectivity index (χ0v) is 13.4. The topological polar surface area (TPSA) is 61.1 Å². The van der Waals surface area contributed by atoms with Gasteiger partial charge in [-0.25, -0.2) is 4.79 Å². The lowest BCUT2D eigenvalue weighted by molar-refractivity contribution is 0.0697. The molecule has 3 nitrogen and oxygen atoms in total. The summed E-state index contributed by atoms with van der Waals surface area (Å²) in [5.74, 6) is -0.929. The van der Waals surface area contributed by atoms with E-state index >= 15 is 0 Å². The Morgan fingerprint density at radius 2 is 1.83 bits per heavy atom. The van der Waals surface area contributed by atoms with E-state index in [1.165, 1.54) is 19.3 Å². The van der Waals surface area contributed by atoms with Crippen LogP contribution in [-0.2, 0) is 6.42 Å². The van der Waals surface area contributed by atoms with Crippen LogP contribution in [-0.4, -0.2) is 11.1 Å². The number of carboxylic acids is 1. The van der Waals surface area contributed by atoms with Crippen LogP contribution in [0.1, 0.15) is 54.1 Å². The lowest BCUT2D eigenvalue weighted by Gasteiger charge is -2.10. The minimum Gasteiger partial charge on any atom is -0.478 e. The largest absolute Gasteiger partial charge is 0.478 e. The molecule has 2 aromatic carbocycles. The summed E-state index contributed by atoms with van der Waals surface area (Å²) in [6.07, 6.45) is 5.71. The van der Waals surface area contributed by atoms with Crippen molar-refractivity contribution in [3.63, 3.8) is 0 Å². The minimum atomic E-state index is -0.929. The van der Waals surface area contributed by atoms with E-state index in [1.807, 2.05) is 12.1 Å². The Bertz CT molecular complexity index is 711. The second kappa shape index (κ2) is 8.14. The van der Waals surface area contributed by atoms with Crippen LogP contribution >= 0.6 is 0 Å². The van der Waals surface area contributed by atoms with Gasteiger partial charge in [0.1, 0.15) is 0 Å². The average Bonchev–Trinajstić information content (AvgIpc) is 2.58. The zero-order chi connectivity index (χ0) is 16.7. The molecule has 0 spiro atoms. The van der Waals surface area contributed by atoms with Gasteiger partial charge in [0.15, 0.2) is 0 Å². The number of carbonyl (C=O) groups is 1. The molecule has 0 fully saturated rings. The van der Waals surface area contributed by atoms with Gasteiger partial charge >= 0.3 is 5.97 Å². The van der Waals surface area contributed by atoms with Crippen molar-refractivity contribution in [3.05, 3.63) is 59.2 Å². The number of rotatable bonds is 7. The first-order valence-electron chi connectivity index (χ1n) is 8.02. The highest BCUT2D eigenvalue weighted by Gasteiger charge is 2.12. The fraction of sp³-hybridized carbons (Fsp3) is 0.300. The van der Waals surface area contributed by atoms with Crippen LogP contribution in [0.5, 0.6) is 0 Å². The van der Waals surface area contributed by atoms with E-state index in [0.29, 0.717) is 11.1 Å². The van der Waals surface area contributed by atoms with Crippen molar-refractivity contribution < 1.29 is 9.90 Å². The van der Waals surface area contributed by atoms with Crippen molar-refractivity contribution in [3.8, 4) is 17.2 Å². The molecule has 0 aliphatic carbocycles. The van der Waals surface area contributed by atoms with Crippen molar-refractivity contribution in [1.82, 2.24) is 0 Å². The molecule has 23 heavy (non-hydrogen) atoms. The van der Waals surface area contributed by atoms with Crippen LogP contribution in [0.15, 0.2) is 42.5 Å². The van der Waals surface area contributed by atoms with Crippen molar-refractivity contribution in [2.24, 2.45) is 0 Å². The van der Waals surface area contributed by atoms with Gasteiger partial charge in [-0.1, -0.05) is 50.5 Å². The van der Waals surface area contributed by atoms with Crippen molar-refractivity contribution in [2.45, 2.75) is 39.0 Å². The second-order valence-corrected chi connectivity index (χ2v) is 5.68. The van der Waals surface area contributed by atoms with Gasteiger partial charge in [-0.3, -0.25) is 0 Å². The molecule has 0 saturated heterocycles. The van der Waals surface area contributed by atoms with Crippen molar-refractivity contribution >= 4 is 5.97 Å². The van der Waals surface area contributed by atoms with Crippen LogP contribution in [0.3, 0.4) is 0 Å². The Kier molecular flexibility index (Phi) is 5.94. The second-order valence-electron chi connectivity index (χ2n) is 5.68. The quantitative estimate of drug-likeness (QED) is 0.728. The summed E-state index contributed by atoms with van der Waals surface area (Å²) < 4.78 is 0. The number of nitriles is 1. The van der Waals surface area contributed by atoms with Crippen LogP contribution < -0.4 is 0 Å². The lowest BCUT2D eigenvalue weighted by atomic mass is 9.94. The zero-order valence-electron chi connectivity index (χ0n) is 13.4. The molecule has 0 aliphatic rings. The van der Waals surface area contributed by atoms with E-state index in [1.54, 1.807) is 30.3 Å². The Morgan fingerprint density at radius 1 is 1.09 bits per heavy atom. The van der Waals surface area contributed by atoms with E-state index < -0.39 is 5.97 Å². The van der Waals surface area contributed by atoms with E-state index in [9.17, 15) is 9.90 Å². The predicted molar refractivity (Wildman–Crippen MR) is 91.4 cm³/mol. The molecule has 2 aromatic rings. The molecule has 118 valence electrons. The summed E-state index contributed by atoms with van der Waals surface area (Å²) in [7, 11) is 0. The third kappa shape index (κ3) is 4.43. The maximum Gasteiger partial charge on any atom is 0.336 e. The molecule has 1 N–H and O–H groups in total. The number of aromatic carboxylic acids is 1. The van der Waals surface area contributed by atoms with Gasteiger partial charge in [-0.2, -0.15) is 5.26 Å². The van der Waals surface area contributed by atoms with Gasteiger partial charge in [0.25, 0.3) is 0 Å². The lowest BCUT2D eigenvalue weighted by Crippen LogP contribution is -2.01. The molecule has 0 unspecified atom stereocenters. The maximum atomic E-state index is 11.5. The van der Waals surface area contributed by atoms with Gasteiger partial charge in [-0.15, -0.1) is 0 Å². The normalized spacial score (nSPS) is 10.3. The van der Waals surface area contributed by atoms with Crippen LogP contribution in [0.2, 0.25) is 0 Å². The number of carboxylic acid groups (broad SMARTS) is 1. The Balaban J connectivity index is 2.30. The molecule has 2 rings (SSSR count). The Hall–Kier alpha value is -2.60. The molecule has 0 heterocycles. The fourth-order valence-electron chi connectivity index (χ4n) is 2.65. The maximum absolute atomic E-state index is 11.5. The van der Waals surface area contributed by atoms with E-state index in [0.717, 1.165) is 29.5 Å². The summed E-state index contributed by atoms with van der Waals surface area (Å²) in [6, 6.07) is 14.7. The molecule has 0 saturated carbocycles. The first-order valence-corrected chi connectivity index (χ1v) is 8.02. The summed E-state index contributed by atoms with van der Waals surface area (Å²) >= 11 is 0. The highest BCUT2D eigenvalue weighted by Crippen LogP contribution is 2.26. The summed E-state index contributed by atoms with van der Waals surface area (Å²) in [5, 5.41) is 18.3. The van der Waals surface area contributed by atoms with Crippen molar-refractivity contribution in [2.75, 3.05) is 0 Å². The van der Waals surface area contributed by atoms with Gasteiger partial charge in [0.2, 0.25) is 0 Å². The molecule has 0 atom stereocenters. The molecule has 3 heteroatoms. The smallest absolute Gasteiger partial charge is 0.336 e. The summed E-state index contributed by atoms with van der Waals surface area (Å²) in [4.78, 5) is 11.5. The molecular weight excluding hydrogens is 286 g/mol. The van der Waals surface area contributed by atoms with Gasteiger partial charge < -0.3 is 5.11 Å². The molecule has 0 aromatic heterocycles. The van der Waals surface area contributed by atoms with Crippen LogP contribution in [0.4, 0.5) is 0 Å². The van der Waals surface area contributed by atoms with Crippen LogP contribution in [0.25, 0.3) is 11.1 Å². The minimum absolute atomic E-state index is 0.298. The standard InChI is InChI=1S/C20H21NO2/c1-2-3-4-5-6-15-9-12-18(20(22)23)19(13-15)17-10-7-16(14-21)8-11-17/h7-13H,2-6H2,1H3,(H,22,23). The number of hydrogen-bond donors (Lipinski definition) is 1. The van der Waals surface area contributed by atoms with E-state index in [2.05, 4.69) is 13.0 Å². The van der Waals surface area contributed by atoms with Crippen LogP contribution in [0, 0.1) is 11.3 Å². The number of unbranched alkanes of at least 4 members (excludes halogenated alkanes) is 3. The van der Waals surface area contributed by atoms with E-state index in [4.69, 9.17) is 5.26 Å². The Labute approximate surface area is 137 Å². The van der Waals surface area contributed by atoms with Gasteiger partial charge in [0, 0.05) is 0 Å². The number of benzene rings is 2. The average molecular weight is 307 g/mol. The molecule has 0 aliphatic heterocycles. The number of aryl methyl sites for hydroxylation is 1. The molecule has 0 bridgehead atoms. The molecule has 0 amide bonds. The first-order chi connectivity index (χ1) is 11.2. The predicted octanol–water partition coefficient (Wildman–Crippen LogP) is 5.05. The van der Waals surface area contributed by atoms with E-state index in [-0.39, 0.29) is 0 Å². The molecule has 0 radical (unpaired) electrons. The molecular formula is C20H21NO2. The Morgan fingerprint density at radius 3 is 2.43 bits per heavy atom. The SMILES string of the molecule is CCCCCCc1ccc(C(=O)O)c(-c2ccc(C#N)cc2)c1. The third-order valence-electron chi connectivity index (χ3n) is 3.96. The first kappa shape index (κ1) is 16.8. The number of hydrogen-bond acceptors (Lipinski definition) is 2. The third-order valence-corrected chi connectivity index (χ3v) is 3.96.